The van der Waals surface area contributed by atoms with Crippen LogP contribution >= 0.6 is 0 Å². The normalized spacial score (nSPS) is 10.1. The summed E-state index contributed by atoms with van der Waals surface area (Å²) in [4.78, 5) is 8.45. The minimum absolute atomic E-state index is 0.684. The van der Waals surface area contributed by atoms with E-state index < -0.39 is 0 Å². The fraction of sp³-hybridized carbons (Fsp3) is 0.286. The maximum absolute atomic E-state index is 5.12. The minimum atomic E-state index is 0.684. The van der Waals surface area contributed by atoms with Crippen LogP contribution in [-0.2, 0) is 6.42 Å². The number of hydrogen-bond donors (Lipinski definition) is 1. The summed E-state index contributed by atoms with van der Waals surface area (Å²) in [6.45, 7) is 2.77. The van der Waals surface area contributed by atoms with Gasteiger partial charge in [-0.1, -0.05) is 12.1 Å². The van der Waals surface area contributed by atoms with Gasteiger partial charge in [0.1, 0.15) is 5.75 Å². The Labute approximate surface area is 107 Å². The molecule has 1 aromatic carbocycles. The Bertz CT molecular complexity index is 497. The number of ether oxygens (including phenoxy) is 1. The van der Waals surface area contributed by atoms with Crippen LogP contribution in [-0.4, -0.2) is 23.6 Å². The average molecular weight is 243 g/mol. The van der Waals surface area contributed by atoms with Crippen LogP contribution < -0.4 is 10.1 Å². The number of hydrogen-bond acceptors (Lipinski definition) is 4. The molecule has 0 aliphatic heterocycles. The molecule has 0 aliphatic carbocycles. The molecule has 1 aromatic heterocycles. The molecular formula is C14H17N3O. The number of nitrogens with zero attached hydrogens (tertiary/aromatic N) is 2. The zero-order valence-corrected chi connectivity index (χ0v) is 10.7. The van der Waals surface area contributed by atoms with Crippen molar-refractivity contribution in [2.24, 2.45) is 0 Å². The summed E-state index contributed by atoms with van der Waals surface area (Å²) >= 11 is 0. The maximum atomic E-state index is 5.12. The van der Waals surface area contributed by atoms with E-state index in [4.69, 9.17) is 4.74 Å². The number of nitrogens with one attached hydrogen (secondary N) is 1. The van der Waals surface area contributed by atoms with E-state index in [0.717, 1.165) is 24.4 Å². The SMILES string of the molecule is COc1ccc(CCNc2nccc(C)n2)cc1. The molecule has 18 heavy (non-hydrogen) atoms. The highest BCUT2D eigenvalue weighted by atomic mass is 16.5. The van der Waals surface area contributed by atoms with E-state index >= 15 is 0 Å². The summed E-state index contributed by atoms with van der Waals surface area (Å²) in [5, 5.41) is 3.21. The molecule has 0 spiro atoms. The first kappa shape index (κ1) is 12.4. The van der Waals surface area contributed by atoms with Gasteiger partial charge in [-0.05, 0) is 37.1 Å². The van der Waals surface area contributed by atoms with Gasteiger partial charge in [0, 0.05) is 18.4 Å². The van der Waals surface area contributed by atoms with Crippen molar-refractivity contribution < 1.29 is 4.74 Å². The lowest BCUT2D eigenvalue weighted by Crippen LogP contribution is -2.08. The van der Waals surface area contributed by atoms with Crippen LogP contribution in [0.3, 0.4) is 0 Å². The Kier molecular flexibility index (Phi) is 4.12. The van der Waals surface area contributed by atoms with E-state index in [0.29, 0.717) is 5.95 Å². The summed E-state index contributed by atoms with van der Waals surface area (Å²) in [5.41, 5.74) is 2.23. The van der Waals surface area contributed by atoms with Crippen molar-refractivity contribution in [1.82, 2.24) is 9.97 Å². The van der Waals surface area contributed by atoms with Crippen LogP contribution in [0.2, 0.25) is 0 Å². The largest absolute Gasteiger partial charge is 0.497 e. The second kappa shape index (κ2) is 6.00. The lowest BCUT2D eigenvalue weighted by molar-refractivity contribution is 0.414. The van der Waals surface area contributed by atoms with Gasteiger partial charge in [-0.15, -0.1) is 0 Å². The third-order valence-corrected chi connectivity index (χ3v) is 2.65. The number of anilines is 1. The third-order valence-electron chi connectivity index (χ3n) is 2.65. The van der Waals surface area contributed by atoms with Gasteiger partial charge in [0.05, 0.1) is 7.11 Å². The summed E-state index contributed by atoms with van der Waals surface area (Å²) in [5.74, 6) is 1.57. The van der Waals surface area contributed by atoms with E-state index in [2.05, 4.69) is 27.4 Å². The lowest BCUT2D eigenvalue weighted by Gasteiger charge is -2.06. The van der Waals surface area contributed by atoms with Gasteiger partial charge < -0.3 is 10.1 Å². The molecule has 0 amide bonds. The van der Waals surface area contributed by atoms with Crippen LogP contribution in [0.5, 0.6) is 5.75 Å². The summed E-state index contributed by atoms with van der Waals surface area (Å²) in [6.07, 6.45) is 2.69. The van der Waals surface area contributed by atoms with Gasteiger partial charge in [0.2, 0.25) is 5.95 Å². The summed E-state index contributed by atoms with van der Waals surface area (Å²) < 4.78 is 5.12. The van der Waals surface area contributed by atoms with Crippen molar-refractivity contribution in [1.29, 1.82) is 0 Å². The number of aromatic nitrogens is 2. The molecule has 2 rings (SSSR count). The van der Waals surface area contributed by atoms with Crippen molar-refractivity contribution >= 4 is 5.95 Å². The molecule has 4 nitrogen and oxygen atoms in total. The smallest absolute Gasteiger partial charge is 0.222 e. The van der Waals surface area contributed by atoms with Gasteiger partial charge in [0.25, 0.3) is 0 Å². The fourth-order valence-corrected chi connectivity index (χ4v) is 1.64. The number of methoxy groups -OCH3 is 1. The average Bonchev–Trinajstić information content (AvgIpc) is 2.40. The highest BCUT2D eigenvalue weighted by molar-refractivity contribution is 5.29. The Hall–Kier alpha value is -2.10. The number of aryl methyl sites for hydroxylation is 1. The Morgan fingerprint density at radius 3 is 2.61 bits per heavy atom. The van der Waals surface area contributed by atoms with Crippen LogP contribution in [0.25, 0.3) is 0 Å². The van der Waals surface area contributed by atoms with Gasteiger partial charge in [-0.3, -0.25) is 0 Å². The van der Waals surface area contributed by atoms with Crippen LogP contribution in [0.1, 0.15) is 11.3 Å². The molecular weight excluding hydrogens is 226 g/mol. The van der Waals surface area contributed by atoms with Gasteiger partial charge in [-0.25, -0.2) is 9.97 Å². The van der Waals surface area contributed by atoms with Gasteiger partial charge >= 0.3 is 0 Å². The van der Waals surface area contributed by atoms with Crippen molar-refractivity contribution in [2.75, 3.05) is 19.0 Å². The zero-order valence-electron chi connectivity index (χ0n) is 10.7. The molecule has 2 aromatic rings. The van der Waals surface area contributed by atoms with E-state index in [1.807, 2.05) is 25.1 Å². The fourth-order valence-electron chi connectivity index (χ4n) is 1.64. The predicted molar refractivity (Wildman–Crippen MR) is 72.0 cm³/mol. The standard InChI is InChI=1S/C14H17N3O/c1-11-7-9-15-14(17-11)16-10-8-12-3-5-13(18-2)6-4-12/h3-7,9H,8,10H2,1-2H3,(H,15,16,17). The monoisotopic (exact) mass is 243 g/mol. The third kappa shape index (κ3) is 3.45. The second-order valence-corrected chi connectivity index (χ2v) is 4.05. The predicted octanol–water partition coefficient (Wildman–Crippen LogP) is 2.45. The van der Waals surface area contributed by atoms with Crippen LogP contribution in [0, 0.1) is 6.92 Å². The molecule has 0 fully saturated rings. The molecule has 1 N–H and O–H groups in total. The molecule has 4 heteroatoms. The van der Waals surface area contributed by atoms with Crippen molar-refractivity contribution in [3.8, 4) is 5.75 Å². The molecule has 0 bridgehead atoms. The van der Waals surface area contributed by atoms with Gasteiger partial charge in [0.15, 0.2) is 0 Å². The lowest BCUT2D eigenvalue weighted by atomic mass is 10.1. The first-order chi connectivity index (χ1) is 8.78. The van der Waals surface area contributed by atoms with Crippen molar-refractivity contribution in [3.05, 3.63) is 47.8 Å². The highest BCUT2D eigenvalue weighted by Crippen LogP contribution is 2.11. The number of rotatable bonds is 5. The molecule has 0 atom stereocenters. The molecule has 0 aliphatic rings. The first-order valence-electron chi connectivity index (χ1n) is 5.94. The van der Waals surface area contributed by atoms with E-state index in [1.54, 1.807) is 13.3 Å². The van der Waals surface area contributed by atoms with E-state index in [-0.39, 0.29) is 0 Å². The van der Waals surface area contributed by atoms with Crippen LogP contribution in [0.4, 0.5) is 5.95 Å². The molecule has 94 valence electrons. The highest BCUT2D eigenvalue weighted by Gasteiger charge is 1.97. The zero-order chi connectivity index (χ0) is 12.8. The Morgan fingerprint density at radius 1 is 1.17 bits per heavy atom. The molecule has 0 saturated heterocycles. The summed E-state index contributed by atoms with van der Waals surface area (Å²) in [7, 11) is 1.67. The first-order valence-corrected chi connectivity index (χ1v) is 5.94. The second-order valence-electron chi connectivity index (χ2n) is 4.05. The topological polar surface area (TPSA) is 47.0 Å². The summed E-state index contributed by atoms with van der Waals surface area (Å²) in [6, 6.07) is 9.96. The number of benzene rings is 1. The Morgan fingerprint density at radius 2 is 1.94 bits per heavy atom. The molecule has 0 radical (unpaired) electrons. The van der Waals surface area contributed by atoms with E-state index in [9.17, 15) is 0 Å². The van der Waals surface area contributed by atoms with Gasteiger partial charge in [-0.2, -0.15) is 0 Å². The quantitative estimate of drug-likeness (QED) is 0.876. The van der Waals surface area contributed by atoms with Crippen molar-refractivity contribution in [2.45, 2.75) is 13.3 Å². The molecule has 0 unspecified atom stereocenters. The minimum Gasteiger partial charge on any atom is -0.497 e. The Balaban J connectivity index is 1.84. The molecule has 1 heterocycles. The molecule has 0 saturated carbocycles. The van der Waals surface area contributed by atoms with E-state index in [1.165, 1.54) is 5.56 Å². The van der Waals surface area contributed by atoms with Crippen LogP contribution in [0.15, 0.2) is 36.5 Å². The van der Waals surface area contributed by atoms with Crippen molar-refractivity contribution in [3.63, 3.8) is 0 Å². The maximum Gasteiger partial charge on any atom is 0.222 e.